The highest BCUT2D eigenvalue weighted by molar-refractivity contribution is 5.72. The van der Waals surface area contributed by atoms with Crippen LogP contribution in [-0.4, -0.2) is 73.6 Å². The molecule has 0 aromatic carbocycles. The summed E-state index contributed by atoms with van der Waals surface area (Å²) >= 11 is 0. The molecular formula is C47H92N2O5. The predicted octanol–water partition coefficient (Wildman–Crippen LogP) is 13.2. The average molecular weight is 765 g/mol. The molecule has 0 aliphatic carbocycles. The quantitative estimate of drug-likeness (QED) is 0.0455. The highest BCUT2D eigenvalue weighted by Crippen LogP contribution is 2.18. The standard InChI is InChI=1S/C47H92N2O5/c1-6-9-12-15-17-26-33-43-53-46(51)37-29-22-18-24-31-40-49(42-34-39-48(5)44(4)50)41-32-25-19-23-30-38-47(52)54-45(35-27-20-14-11-8-3)36-28-21-16-13-10-7-2/h45H,6-43H2,1-5H3. The molecule has 0 saturated heterocycles. The van der Waals surface area contributed by atoms with E-state index in [4.69, 9.17) is 9.47 Å². The molecule has 1 atom stereocenters. The first-order valence-corrected chi connectivity index (χ1v) is 23.6. The second kappa shape index (κ2) is 41.0. The van der Waals surface area contributed by atoms with Crippen molar-refractivity contribution in [2.75, 3.05) is 39.8 Å². The highest BCUT2D eigenvalue weighted by Gasteiger charge is 2.14. The first kappa shape index (κ1) is 52.4. The topological polar surface area (TPSA) is 76.2 Å². The minimum Gasteiger partial charge on any atom is -0.466 e. The molecule has 0 bridgehead atoms. The van der Waals surface area contributed by atoms with Gasteiger partial charge in [-0.3, -0.25) is 14.4 Å². The Kier molecular flexibility index (Phi) is 39.8. The number of nitrogens with zero attached hydrogens (tertiary/aromatic N) is 2. The van der Waals surface area contributed by atoms with Crippen molar-refractivity contribution in [3.63, 3.8) is 0 Å². The van der Waals surface area contributed by atoms with Gasteiger partial charge in [-0.15, -0.1) is 0 Å². The van der Waals surface area contributed by atoms with Crippen LogP contribution >= 0.6 is 0 Å². The molecule has 0 N–H and O–H groups in total. The van der Waals surface area contributed by atoms with E-state index in [9.17, 15) is 14.4 Å². The van der Waals surface area contributed by atoms with Gasteiger partial charge in [0, 0.05) is 33.4 Å². The summed E-state index contributed by atoms with van der Waals surface area (Å²) in [5, 5.41) is 0. The van der Waals surface area contributed by atoms with Crippen LogP contribution < -0.4 is 0 Å². The lowest BCUT2D eigenvalue weighted by Gasteiger charge is -2.24. The van der Waals surface area contributed by atoms with E-state index in [1.807, 2.05) is 11.9 Å². The van der Waals surface area contributed by atoms with E-state index in [0.717, 1.165) is 90.4 Å². The number of hydrogen-bond acceptors (Lipinski definition) is 6. The number of carbonyl (C=O) groups is 3. The van der Waals surface area contributed by atoms with Crippen molar-refractivity contribution >= 4 is 17.8 Å². The summed E-state index contributed by atoms with van der Waals surface area (Å²) < 4.78 is 11.5. The molecule has 0 aliphatic rings. The minimum atomic E-state index is -0.0291. The van der Waals surface area contributed by atoms with Crippen LogP contribution in [0.4, 0.5) is 0 Å². The summed E-state index contributed by atoms with van der Waals surface area (Å²) in [6.07, 6.45) is 38.0. The molecule has 0 radical (unpaired) electrons. The van der Waals surface area contributed by atoms with Crippen LogP contribution in [0.25, 0.3) is 0 Å². The molecule has 7 heteroatoms. The van der Waals surface area contributed by atoms with Crippen molar-refractivity contribution in [2.24, 2.45) is 0 Å². The summed E-state index contributed by atoms with van der Waals surface area (Å²) in [6, 6.07) is 0. The fraction of sp³-hybridized carbons (Fsp3) is 0.936. The Labute approximate surface area is 336 Å². The van der Waals surface area contributed by atoms with E-state index in [1.165, 1.54) is 135 Å². The van der Waals surface area contributed by atoms with Gasteiger partial charge in [0.25, 0.3) is 0 Å². The lowest BCUT2D eigenvalue weighted by Crippen LogP contribution is -2.31. The van der Waals surface area contributed by atoms with Gasteiger partial charge >= 0.3 is 11.9 Å². The van der Waals surface area contributed by atoms with Crippen LogP contribution in [0, 0.1) is 0 Å². The summed E-state index contributed by atoms with van der Waals surface area (Å²) in [5.74, 6) is 0.112. The lowest BCUT2D eigenvalue weighted by molar-refractivity contribution is -0.150. The van der Waals surface area contributed by atoms with E-state index < -0.39 is 0 Å². The van der Waals surface area contributed by atoms with Crippen LogP contribution in [0.2, 0.25) is 0 Å². The summed E-state index contributed by atoms with van der Waals surface area (Å²) in [5.41, 5.74) is 0. The molecule has 1 unspecified atom stereocenters. The Bertz CT molecular complexity index is 837. The molecule has 54 heavy (non-hydrogen) atoms. The highest BCUT2D eigenvalue weighted by atomic mass is 16.5. The Morgan fingerprint density at radius 1 is 0.444 bits per heavy atom. The maximum Gasteiger partial charge on any atom is 0.306 e. The van der Waals surface area contributed by atoms with E-state index in [1.54, 1.807) is 6.92 Å². The fourth-order valence-corrected chi connectivity index (χ4v) is 7.25. The first-order valence-electron chi connectivity index (χ1n) is 23.6. The second-order valence-corrected chi connectivity index (χ2v) is 16.4. The molecular weight excluding hydrogens is 673 g/mol. The van der Waals surface area contributed by atoms with E-state index in [2.05, 4.69) is 25.7 Å². The van der Waals surface area contributed by atoms with E-state index in [0.29, 0.717) is 19.4 Å². The van der Waals surface area contributed by atoms with Crippen molar-refractivity contribution in [3.05, 3.63) is 0 Å². The number of rotatable bonds is 42. The molecule has 1 amide bonds. The summed E-state index contributed by atoms with van der Waals surface area (Å²) in [7, 11) is 1.89. The largest absolute Gasteiger partial charge is 0.466 e. The zero-order valence-electron chi connectivity index (χ0n) is 36.9. The van der Waals surface area contributed by atoms with Gasteiger partial charge in [0.15, 0.2) is 0 Å². The smallest absolute Gasteiger partial charge is 0.306 e. The molecule has 0 aliphatic heterocycles. The van der Waals surface area contributed by atoms with Crippen LogP contribution in [0.5, 0.6) is 0 Å². The van der Waals surface area contributed by atoms with Crippen LogP contribution in [0.15, 0.2) is 0 Å². The Morgan fingerprint density at radius 2 is 0.833 bits per heavy atom. The van der Waals surface area contributed by atoms with E-state index in [-0.39, 0.29) is 23.9 Å². The third kappa shape index (κ3) is 37.3. The van der Waals surface area contributed by atoms with Gasteiger partial charge in [-0.25, -0.2) is 0 Å². The van der Waals surface area contributed by atoms with Crippen molar-refractivity contribution in [1.29, 1.82) is 0 Å². The van der Waals surface area contributed by atoms with Crippen LogP contribution in [-0.2, 0) is 23.9 Å². The molecule has 7 nitrogen and oxygen atoms in total. The van der Waals surface area contributed by atoms with Crippen LogP contribution in [0.3, 0.4) is 0 Å². The maximum atomic E-state index is 12.8. The van der Waals surface area contributed by atoms with E-state index >= 15 is 0 Å². The van der Waals surface area contributed by atoms with Crippen molar-refractivity contribution < 1.29 is 23.9 Å². The average Bonchev–Trinajstić information content (AvgIpc) is 3.15. The summed E-state index contributed by atoms with van der Waals surface area (Å²) in [6.45, 7) is 13.0. The molecule has 0 rings (SSSR count). The molecule has 0 fully saturated rings. The number of esters is 2. The van der Waals surface area contributed by atoms with Gasteiger partial charge in [0.2, 0.25) is 5.91 Å². The second-order valence-electron chi connectivity index (χ2n) is 16.4. The molecule has 320 valence electrons. The number of carbonyl (C=O) groups excluding carboxylic acids is 3. The third-order valence-electron chi connectivity index (χ3n) is 11.0. The normalized spacial score (nSPS) is 12.0. The first-order chi connectivity index (χ1) is 26.3. The molecule has 0 aromatic rings. The molecule has 0 saturated carbocycles. The number of unbranched alkanes of at least 4 members (excludes halogenated alkanes) is 23. The number of hydrogen-bond donors (Lipinski definition) is 0. The van der Waals surface area contributed by atoms with Gasteiger partial charge in [-0.1, -0.05) is 156 Å². The molecule has 0 aromatic heterocycles. The minimum absolute atomic E-state index is 0.0139. The Morgan fingerprint density at radius 3 is 1.31 bits per heavy atom. The van der Waals surface area contributed by atoms with Gasteiger partial charge in [0.05, 0.1) is 6.61 Å². The predicted molar refractivity (Wildman–Crippen MR) is 230 cm³/mol. The SMILES string of the molecule is CCCCCCCCCOC(=O)CCCCCCCN(CCCCCCCC(=O)OC(CCCCCCC)CCCCCCCC)CCCN(C)C(C)=O. The number of amides is 1. The Balaban J connectivity index is 4.29. The van der Waals surface area contributed by atoms with Crippen molar-refractivity contribution in [2.45, 2.75) is 246 Å². The van der Waals surface area contributed by atoms with Gasteiger partial charge in [0.1, 0.15) is 6.10 Å². The van der Waals surface area contributed by atoms with Crippen molar-refractivity contribution in [3.8, 4) is 0 Å². The zero-order chi connectivity index (χ0) is 39.7. The van der Waals surface area contributed by atoms with Crippen molar-refractivity contribution in [1.82, 2.24) is 9.80 Å². The summed E-state index contributed by atoms with van der Waals surface area (Å²) in [4.78, 5) is 40.9. The Hall–Kier alpha value is -1.63. The zero-order valence-corrected chi connectivity index (χ0v) is 36.9. The number of ether oxygens (including phenoxy) is 2. The van der Waals surface area contributed by atoms with Gasteiger partial charge < -0.3 is 19.3 Å². The lowest BCUT2D eigenvalue weighted by atomic mass is 10.0. The third-order valence-corrected chi connectivity index (χ3v) is 11.0. The maximum absolute atomic E-state index is 12.8. The fourth-order valence-electron chi connectivity index (χ4n) is 7.25. The monoisotopic (exact) mass is 765 g/mol. The van der Waals surface area contributed by atoms with Gasteiger partial charge in [-0.05, 0) is 83.8 Å². The van der Waals surface area contributed by atoms with Crippen LogP contribution in [0.1, 0.15) is 240 Å². The molecule has 0 spiro atoms. The van der Waals surface area contributed by atoms with Gasteiger partial charge in [-0.2, -0.15) is 0 Å². The molecule has 0 heterocycles.